The van der Waals surface area contributed by atoms with Gasteiger partial charge in [-0.05, 0) is 23.8 Å². The van der Waals surface area contributed by atoms with Crippen molar-refractivity contribution in [1.29, 1.82) is 0 Å². The van der Waals surface area contributed by atoms with Crippen molar-refractivity contribution in [3.8, 4) is 11.3 Å². The Kier molecular flexibility index (Phi) is 3.61. The number of benzene rings is 1. The summed E-state index contributed by atoms with van der Waals surface area (Å²) in [5.74, 6) is 1.76. The Bertz CT molecular complexity index is 662. The summed E-state index contributed by atoms with van der Waals surface area (Å²) < 4.78 is 5.86. The van der Waals surface area contributed by atoms with Gasteiger partial charge in [-0.1, -0.05) is 36.4 Å². The zero-order valence-corrected chi connectivity index (χ0v) is 11.1. The van der Waals surface area contributed by atoms with Gasteiger partial charge in [-0.2, -0.15) is 0 Å². The highest BCUT2D eigenvalue weighted by Gasteiger charge is 2.11. The van der Waals surface area contributed by atoms with Gasteiger partial charge in [0.05, 0.1) is 0 Å². The normalized spacial score (nSPS) is 12.2. The number of furan rings is 1. The summed E-state index contributed by atoms with van der Waals surface area (Å²) >= 11 is 0. The largest absolute Gasteiger partial charge is 0.461 e. The Labute approximate surface area is 118 Å². The van der Waals surface area contributed by atoms with Gasteiger partial charge in [0.2, 0.25) is 0 Å². The minimum Gasteiger partial charge on any atom is -0.461 e. The second-order valence-electron chi connectivity index (χ2n) is 4.73. The minimum absolute atomic E-state index is 0.0986. The first kappa shape index (κ1) is 12.6. The van der Waals surface area contributed by atoms with E-state index in [-0.39, 0.29) is 6.04 Å². The summed E-state index contributed by atoms with van der Waals surface area (Å²) in [7, 11) is 0. The van der Waals surface area contributed by atoms with Gasteiger partial charge in [0, 0.05) is 30.4 Å². The molecule has 1 aromatic carbocycles. The maximum absolute atomic E-state index is 6.17. The molecule has 100 valence electrons. The first-order chi connectivity index (χ1) is 9.83. The Hall–Kier alpha value is -2.39. The standard InChI is InChI=1S/C17H16N2O/c18-16(14-7-4-10-19-12-14)11-15-8-9-17(20-15)13-5-2-1-3-6-13/h1-10,12,16H,11,18H2. The number of nitrogens with zero attached hydrogens (tertiary/aromatic N) is 1. The van der Waals surface area contributed by atoms with Crippen LogP contribution in [-0.2, 0) is 6.42 Å². The lowest BCUT2D eigenvalue weighted by atomic mass is 10.1. The molecule has 0 radical (unpaired) electrons. The minimum atomic E-state index is -0.0986. The van der Waals surface area contributed by atoms with Gasteiger partial charge in [0.1, 0.15) is 11.5 Å². The van der Waals surface area contributed by atoms with Crippen LogP contribution in [0.5, 0.6) is 0 Å². The van der Waals surface area contributed by atoms with Crippen LogP contribution in [0.25, 0.3) is 11.3 Å². The third-order valence-electron chi connectivity index (χ3n) is 3.25. The van der Waals surface area contributed by atoms with E-state index in [9.17, 15) is 0 Å². The number of hydrogen-bond donors (Lipinski definition) is 1. The third-order valence-corrected chi connectivity index (χ3v) is 3.25. The molecule has 0 bridgehead atoms. The highest BCUT2D eigenvalue weighted by molar-refractivity contribution is 5.57. The smallest absolute Gasteiger partial charge is 0.134 e. The van der Waals surface area contributed by atoms with Crippen molar-refractivity contribution >= 4 is 0 Å². The third kappa shape index (κ3) is 2.78. The summed E-state index contributed by atoms with van der Waals surface area (Å²) in [6.45, 7) is 0. The molecule has 3 nitrogen and oxygen atoms in total. The molecule has 0 saturated heterocycles. The number of pyridine rings is 1. The van der Waals surface area contributed by atoms with E-state index in [1.54, 1.807) is 12.4 Å². The second kappa shape index (κ2) is 5.72. The van der Waals surface area contributed by atoms with Crippen LogP contribution in [0.4, 0.5) is 0 Å². The van der Waals surface area contributed by atoms with Crippen LogP contribution >= 0.6 is 0 Å². The zero-order valence-electron chi connectivity index (χ0n) is 11.1. The van der Waals surface area contributed by atoms with Gasteiger partial charge >= 0.3 is 0 Å². The van der Waals surface area contributed by atoms with E-state index >= 15 is 0 Å². The van der Waals surface area contributed by atoms with Crippen molar-refractivity contribution in [3.63, 3.8) is 0 Å². The summed E-state index contributed by atoms with van der Waals surface area (Å²) in [4.78, 5) is 4.09. The van der Waals surface area contributed by atoms with E-state index in [4.69, 9.17) is 10.2 Å². The van der Waals surface area contributed by atoms with Crippen LogP contribution in [0, 0.1) is 0 Å². The monoisotopic (exact) mass is 264 g/mol. The SMILES string of the molecule is NC(Cc1ccc(-c2ccccc2)o1)c1cccnc1. The van der Waals surface area contributed by atoms with E-state index in [1.165, 1.54) is 0 Å². The molecule has 2 N–H and O–H groups in total. The molecule has 0 amide bonds. The fourth-order valence-electron chi connectivity index (χ4n) is 2.18. The quantitative estimate of drug-likeness (QED) is 0.783. The maximum atomic E-state index is 6.17. The number of aromatic nitrogens is 1. The van der Waals surface area contributed by atoms with Crippen molar-refractivity contribution < 1.29 is 4.42 Å². The maximum Gasteiger partial charge on any atom is 0.134 e. The fourth-order valence-corrected chi connectivity index (χ4v) is 2.18. The Morgan fingerprint density at radius 2 is 1.85 bits per heavy atom. The molecule has 0 aliphatic heterocycles. The van der Waals surface area contributed by atoms with E-state index in [0.717, 1.165) is 22.6 Å². The zero-order chi connectivity index (χ0) is 13.8. The van der Waals surface area contributed by atoms with Gasteiger partial charge in [-0.3, -0.25) is 4.98 Å². The van der Waals surface area contributed by atoms with Gasteiger partial charge < -0.3 is 10.2 Å². The lowest BCUT2D eigenvalue weighted by molar-refractivity contribution is 0.499. The van der Waals surface area contributed by atoms with E-state index in [2.05, 4.69) is 4.98 Å². The topological polar surface area (TPSA) is 52.0 Å². The molecule has 20 heavy (non-hydrogen) atoms. The highest BCUT2D eigenvalue weighted by atomic mass is 16.3. The van der Waals surface area contributed by atoms with Crippen LogP contribution in [0.1, 0.15) is 17.4 Å². The molecule has 0 spiro atoms. The summed E-state index contributed by atoms with van der Waals surface area (Å²) in [5, 5.41) is 0. The van der Waals surface area contributed by atoms with Gasteiger partial charge in [0.25, 0.3) is 0 Å². The van der Waals surface area contributed by atoms with Crippen molar-refractivity contribution in [2.24, 2.45) is 5.73 Å². The fraction of sp³-hybridized carbons (Fsp3) is 0.118. The average Bonchev–Trinajstić information content (AvgIpc) is 2.97. The van der Waals surface area contributed by atoms with Crippen LogP contribution in [0.3, 0.4) is 0 Å². The molecule has 3 aromatic rings. The van der Waals surface area contributed by atoms with Crippen molar-refractivity contribution in [3.05, 3.63) is 78.3 Å². The van der Waals surface area contributed by atoms with E-state index in [1.807, 2.05) is 54.6 Å². The molecule has 0 aliphatic carbocycles. The molecular weight excluding hydrogens is 248 g/mol. The summed E-state index contributed by atoms with van der Waals surface area (Å²) in [5.41, 5.74) is 8.27. The number of nitrogens with two attached hydrogens (primary N) is 1. The lowest BCUT2D eigenvalue weighted by Gasteiger charge is -2.09. The van der Waals surface area contributed by atoms with Crippen LogP contribution in [0.2, 0.25) is 0 Å². The van der Waals surface area contributed by atoms with Gasteiger partial charge in [-0.25, -0.2) is 0 Å². The van der Waals surface area contributed by atoms with Crippen molar-refractivity contribution in [1.82, 2.24) is 4.98 Å². The summed E-state index contributed by atoms with van der Waals surface area (Å²) in [6, 6.07) is 17.8. The molecule has 0 saturated carbocycles. The first-order valence-electron chi connectivity index (χ1n) is 6.62. The highest BCUT2D eigenvalue weighted by Crippen LogP contribution is 2.24. The summed E-state index contributed by atoms with van der Waals surface area (Å²) in [6.07, 6.45) is 4.21. The van der Waals surface area contributed by atoms with Gasteiger partial charge in [0.15, 0.2) is 0 Å². The number of rotatable bonds is 4. The average molecular weight is 264 g/mol. The predicted octanol–water partition coefficient (Wildman–Crippen LogP) is 3.58. The number of hydrogen-bond acceptors (Lipinski definition) is 3. The molecule has 1 unspecified atom stereocenters. The Balaban J connectivity index is 1.75. The molecule has 3 heteroatoms. The molecule has 0 aliphatic rings. The van der Waals surface area contributed by atoms with Crippen LogP contribution < -0.4 is 5.73 Å². The van der Waals surface area contributed by atoms with E-state index < -0.39 is 0 Å². The van der Waals surface area contributed by atoms with Crippen molar-refractivity contribution in [2.75, 3.05) is 0 Å². The van der Waals surface area contributed by atoms with Crippen LogP contribution in [-0.4, -0.2) is 4.98 Å². The molecule has 0 fully saturated rings. The molecule has 2 heterocycles. The molecule has 3 rings (SSSR count). The molecule has 2 aromatic heterocycles. The Morgan fingerprint density at radius 1 is 1.00 bits per heavy atom. The van der Waals surface area contributed by atoms with Gasteiger partial charge in [-0.15, -0.1) is 0 Å². The second-order valence-corrected chi connectivity index (χ2v) is 4.73. The lowest BCUT2D eigenvalue weighted by Crippen LogP contribution is -2.13. The predicted molar refractivity (Wildman–Crippen MR) is 79.0 cm³/mol. The van der Waals surface area contributed by atoms with Crippen LogP contribution in [0.15, 0.2) is 71.4 Å². The Morgan fingerprint density at radius 3 is 2.60 bits per heavy atom. The van der Waals surface area contributed by atoms with Crippen molar-refractivity contribution in [2.45, 2.75) is 12.5 Å². The molecule has 1 atom stereocenters. The first-order valence-corrected chi connectivity index (χ1v) is 6.62. The van der Waals surface area contributed by atoms with E-state index in [0.29, 0.717) is 6.42 Å². The molecular formula is C17H16N2O.